The summed E-state index contributed by atoms with van der Waals surface area (Å²) >= 11 is 1.27. The third-order valence-electron chi connectivity index (χ3n) is 4.42. The predicted molar refractivity (Wildman–Crippen MR) is 111 cm³/mol. The van der Waals surface area contributed by atoms with Crippen LogP contribution in [0.3, 0.4) is 0 Å². The summed E-state index contributed by atoms with van der Waals surface area (Å²) < 4.78 is 10.2. The third kappa shape index (κ3) is 5.65. The minimum absolute atomic E-state index is 0.00851. The Kier molecular flexibility index (Phi) is 7.00. The second-order valence-corrected chi connectivity index (χ2v) is 7.86. The minimum Gasteiger partial charge on any atom is -0.452 e. The first-order valence-corrected chi connectivity index (χ1v) is 10.3. The number of hydrogen-bond acceptors (Lipinski definition) is 6. The molecule has 2 amide bonds. The van der Waals surface area contributed by atoms with Crippen molar-refractivity contribution in [3.63, 3.8) is 0 Å². The van der Waals surface area contributed by atoms with Gasteiger partial charge in [0.1, 0.15) is 10.6 Å². The van der Waals surface area contributed by atoms with Crippen LogP contribution in [0, 0.1) is 5.92 Å². The van der Waals surface area contributed by atoms with Gasteiger partial charge in [0.25, 0.3) is 5.91 Å². The van der Waals surface area contributed by atoms with Gasteiger partial charge in [-0.25, -0.2) is 4.79 Å². The van der Waals surface area contributed by atoms with Crippen LogP contribution in [0.4, 0.5) is 5.00 Å². The van der Waals surface area contributed by atoms with E-state index in [1.54, 1.807) is 14.0 Å². The van der Waals surface area contributed by atoms with Crippen LogP contribution in [0.5, 0.6) is 0 Å². The standard InChI is InChI=1S/C21H24N2O5S/c1-13(10-27-2)22-17(24)11-28-21(26)18-16(14-6-4-3-5-7-14)12-29-20(18)23-19(25)15-8-9-15/h3-7,12-13,15H,8-11H2,1-2H3,(H,22,24)(H,23,25). The lowest BCUT2D eigenvalue weighted by Gasteiger charge is -2.13. The van der Waals surface area contributed by atoms with Gasteiger partial charge >= 0.3 is 5.97 Å². The summed E-state index contributed by atoms with van der Waals surface area (Å²) in [7, 11) is 1.54. The van der Waals surface area contributed by atoms with Crippen molar-refractivity contribution in [2.24, 2.45) is 5.92 Å². The summed E-state index contributed by atoms with van der Waals surface area (Å²) in [5, 5.41) is 7.79. The molecule has 0 radical (unpaired) electrons. The maximum atomic E-state index is 12.8. The maximum Gasteiger partial charge on any atom is 0.342 e. The molecule has 1 saturated carbocycles. The first-order chi connectivity index (χ1) is 14.0. The lowest BCUT2D eigenvalue weighted by Crippen LogP contribution is -2.38. The number of carbonyl (C=O) groups is 3. The highest BCUT2D eigenvalue weighted by molar-refractivity contribution is 7.15. The third-order valence-corrected chi connectivity index (χ3v) is 5.32. The van der Waals surface area contributed by atoms with Gasteiger partial charge in [-0.3, -0.25) is 9.59 Å². The number of hydrogen-bond donors (Lipinski definition) is 2. The quantitative estimate of drug-likeness (QED) is 0.613. The van der Waals surface area contributed by atoms with Gasteiger partial charge in [0, 0.05) is 30.0 Å². The van der Waals surface area contributed by atoms with E-state index in [-0.39, 0.29) is 23.4 Å². The number of nitrogens with one attached hydrogen (secondary N) is 2. The Labute approximate surface area is 173 Å². The molecule has 0 aliphatic heterocycles. The van der Waals surface area contributed by atoms with Crippen molar-refractivity contribution in [3.8, 4) is 11.1 Å². The summed E-state index contributed by atoms with van der Waals surface area (Å²) in [4.78, 5) is 37.1. The highest BCUT2D eigenvalue weighted by Gasteiger charge is 2.32. The van der Waals surface area contributed by atoms with Gasteiger partial charge in [-0.1, -0.05) is 30.3 Å². The molecule has 0 spiro atoms. The zero-order valence-electron chi connectivity index (χ0n) is 16.4. The van der Waals surface area contributed by atoms with E-state index in [1.165, 1.54) is 11.3 Å². The summed E-state index contributed by atoms with van der Waals surface area (Å²) in [5.41, 5.74) is 1.77. The van der Waals surface area contributed by atoms with Crippen molar-refractivity contribution in [1.82, 2.24) is 5.32 Å². The number of benzene rings is 1. The number of carbonyl (C=O) groups excluding carboxylic acids is 3. The van der Waals surface area contributed by atoms with Crippen molar-refractivity contribution in [1.29, 1.82) is 0 Å². The number of amides is 2. The summed E-state index contributed by atoms with van der Waals surface area (Å²) in [6, 6.07) is 9.19. The zero-order chi connectivity index (χ0) is 20.8. The van der Waals surface area contributed by atoms with Crippen molar-refractivity contribution < 1.29 is 23.9 Å². The lowest BCUT2D eigenvalue weighted by atomic mass is 10.0. The normalized spacial score (nSPS) is 14.1. The van der Waals surface area contributed by atoms with E-state index in [9.17, 15) is 14.4 Å². The first kappa shape index (κ1) is 21.0. The molecule has 1 fully saturated rings. The van der Waals surface area contributed by atoms with E-state index in [4.69, 9.17) is 9.47 Å². The van der Waals surface area contributed by atoms with E-state index in [0.29, 0.717) is 17.2 Å². The van der Waals surface area contributed by atoms with E-state index in [1.807, 2.05) is 35.7 Å². The van der Waals surface area contributed by atoms with E-state index < -0.39 is 18.5 Å². The number of esters is 1. The Morgan fingerprint density at radius 1 is 1.21 bits per heavy atom. The topological polar surface area (TPSA) is 93.7 Å². The van der Waals surface area contributed by atoms with E-state index in [0.717, 1.165) is 18.4 Å². The number of thiophene rings is 1. The van der Waals surface area contributed by atoms with Gasteiger partial charge in [0.2, 0.25) is 5.91 Å². The molecule has 1 aliphatic carbocycles. The number of ether oxygens (including phenoxy) is 2. The van der Waals surface area contributed by atoms with E-state index >= 15 is 0 Å². The average Bonchev–Trinajstić information content (AvgIpc) is 3.48. The molecule has 2 aromatic rings. The van der Waals surface area contributed by atoms with Gasteiger partial charge in [0.05, 0.1) is 6.61 Å². The molecule has 2 N–H and O–H groups in total. The minimum atomic E-state index is -0.647. The molecule has 3 rings (SSSR count). The van der Waals surface area contributed by atoms with Crippen LogP contribution in [0.15, 0.2) is 35.7 Å². The molecule has 0 saturated heterocycles. The molecule has 1 heterocycles. The van der Waals surface area contributed by atoms with Crippen LogP contribution < -0.4 is 10.6 Å². The predicted octanol–water partition coefficient (Wildman–Crippen LogP) is 3.07. The Bertz CT molecular complexity index is 876. The van der Waals surface area contributed by atoms with E-state index in [2.05, 4.69) is 10.6 Å². The summed E-state index contributed by atoms with van der Waals surface area (Å²) in [5.74, 6) is -1.14. The Morgan fingerprint density at radius 2 is 1.93 bits per heavy atom. The molecule has 1 atom stereocenters. The zero-order valence-corrected chi connectivity index (χ0v) is 17.2. The highest BCUT2D eigenvalue weighted by Crippen LogP contribution is 2.38. The van der Waals surface area contributed by atoms with Gasteiger partial charge < -0.3 is 20.1 Å². The molecule has 8 heteroatoms. The van der Waals surface area contributed by atoms with Gasteiger partial charge in [0.15, 0.2) is 6.61 Å². The second-order valence-electron chi connectivity index (χ2n) is 6.98. The molecule has 1 aliphatic rings. The largest absolute Gasteiger partial charge is 0.452 e. The Morgan fingerprint density at radius 3 is 2.59 bits per heavy atom. The molecule has 1 unspecified atom stereocenters. The molecule has 154 valence electrons. The van der Waals surface area contributed by atoms with Crippen LogP contribution in [-0.2, 0) is 19.1 Å². The second kappa shape index (κ2) is 9.67. The SMILES string of the molecule is COCC(C)NC(=O)COC(=O)c1c(-c2ccccc2)csc1NC(=O)C1CC1. The number of anilines is 1. The van der Waals surface area contributed by atoms with Gasteiger partial charge in [-0.05, 0) is 25.3 Å². The van der Waals surface area contributed by atoms with Crippen LogP contribution in [-0.4, -0.2) is 44.1 Å². The Balaban J connectivity index is 1.75. The summed E-state index contributed by atoms with van der Waals surface area (Å²) in [6.07, 6.45) is 1.73. The summed E-state index contributed by atoms with van der Waals surface area (Å²) in [6.45, 7) is 1.74. The van der Waals surface area contributed by atoms with Crippen molar-refractivity contribution >= 4 is 34.1 Å². The fraction of sp³-hybridized carbons (Fsp3) is 0.381. The van der Waals surface area contributed by atoms with Crippen molar-refractivity contribution in [3.05, 3.63) is 41.3 Å². The van der Waals surface area contributed by atoms with Crippen molar-refractivity contribution in [2.75, 3.05) is 25.6 Å². The maximum absolute atomic E-state index is 12.8. The van der Waals surface area contributed by atoms with Crippen LogP contribution in [0.1, 0.15) is 30.1 Å². The van der Waals surface area contributed by atoms with Crippen LogP contribution in [0.25, 0.3) is 11.1 Å². The molecular formula is C21H24N2O5S. The highest BCUT2D eigenvalue weighted by atomic mass is 32.1. The first-order valence-electron chi connectivity index (χ1n) is 9.42. The fourth-order valence-electron chi connectivity index (χ4n) is 2.85. The van der Waals surface area contributed by atoms with Gasteiger partial charge in [-0.15, -0.1) is 11.3 Å². The molecular weight excluding hydrogens is 392 g/mol. The number of methoxy groups -OCH3 is 1. The monoisotopic (exact) mass is 416 g/mol. The molecule has 1 aromatic heterocycles. The Hall–Kier alpha value is -2.71. The average molecular weight is 416 g/mol. The van der Waals surface area contributed by atoms with Crippen LogP contribution >= 0.6 is 11.3 Å². The molecule has 0 bridgehead atoms. The molecule has 29 heavy (non-hydrogen) atoms. The smallest absolute Gasteiger partial charge is 0.342 e. The number of rotatable bonds is 9. The van der Waals surface area contributed by atoms with Gasteiger partial charge in [-0.2, -0.15) is 0 Å². The lowest BCUT2D eigenvalue weighted by molar-refractivity contribution is -0.125. The van der Waals surface area contributed by atoms with Crippen molar-refractivity contribution in [2.45, 2.75) is 25.8 Å². The molecule has 7 nitrogen and oxygen atoms in total. The van der Waals surface area contributed by atoms with Crippen LogP contribution in [0.2, 0.25) is 0 Å². The fourth-order valence-corrected chi connectivity index (χ4v) is 3.81. The molecule has 1 aromatic carbocycles.